The van der Waals surface area contributed by atoms with Crippen molar-refractivity contribution in [3.63, 3.8) is 0 Å². The topological polar surface area (TPSA) is 37.2 Å². The Morgan fingerprint density at radius 3 is 2.55 bits per heavy atom. The molecule has 0 unspecified atom stereocenters. The molecule has 5 nitrogen and oxygen atoms in total. The molecule has 1 aromatic carbocycles. The van der Waals surface area contributed by atoms with E-state index in [1.807, 2.05) is 4.68 Å². The monoisotopic (exact) mass is 301 g/mol. The van der Waals surface area contributed by atoms with Gasteiger partial charge in [0.2, 0.25) is 0 Å². The van der Waals surface area contributed by atoms with Gasteiger partial charge in [-0.15, -0.1) is 0 Å². The van der Waals surface area contributed by atoms with Crippen molar-refractivity contribution in [2.75, 3.05) is 27.2 Å². The third-order valence-corrected chi connectivity index (χ3v) is 3.88. The van der Waals surface area contributed by atoms with Crippen LogP contribution in [0.5, 0.6) is 0 Å². The van der Waals surface area contributed by atoms with E-state index in [0.29, 0.717) is 0 Å². The predicted molar refractivity (Wildman–Crippen MR) is 89.5 cm³/mol. The molecule has 0 aliphatic heterocycles. The van der Waals surface area contributed by atoms with Gasteiger partial charge in [0.05, 0.1) is 6.54 Å². The maximum absolute atomic E-state index is 4.41. The van der Waals surface area contributed by atoms with Gasteiger partial charge in [-0.25, -0.2) is 9.67 Å². The molecule has 1 heterocycles. The Labute approximate surface area is 133 Å². The van der Waals surface area contributed by atoms with Gasteiger partial charge in [-0.3, -0.25) is 4.90 Å². The first kappa shape index (κ1) is 16.6. The molecule has 0 spiro atoms. The molecule has 0 atom stereocenters. The molecule has 0 amide bonds. The summed E-state index contributed by atoms with van der Waals surface area (Å²) in [6, 6.07) is 8.59. The fourth-order valence-electron chi connectivity index (χ4n) is 2.46. The number of nitrogens with zero attached hydrogens (tertiary/aromatic N) is 5. The van der Waals surface area contributed by atoms with E-state index >= 15 is 0 Å². The van der Waals surface area contributed by atoms with Crippen molar-refractivity contribution in [3.8, 4) is 0 Å². The molecule has 0 radical (unpaired) electrons. The Bertz CT molecular complexity index is 576. The number of aromatic nitrogens is 3. The molecule has 0 saturated heterocycles. The first-order valence-electron chi connectivity index (χ1n) is 7.88. The lowest BCUT2D eigenvalue weighted by molar-refractivity contribution is 0.217. The zero-order valence-electron chi connectivity index (χ0n) is 14.2. The third kappa shape index (κ3) is 4.64. The molecule has 0 aliphatic rings. The molecule has 0 N–H and O–H groups in total. The van der Waals surface area contributed by atoms with E-state index < -0.39 is 0 Å². The van der Waals surface area contributed by atoms with E-state index in [4.69, 9.17) is 0 Å². The minimum absolute atomic E-state index is 0.829. The molecule has 1 aromatic heterocycles. The zero-order chi connectivity index (χ0) is 15.9. The van der Waals surface area contributed by atoms with Gasteiger partial charge in [0.1, 0.15) is 12.2 Å². The normalized spacial score (nSPS) is 11.5. The summed E-state index contributed by atoms with van der Waals surface area (Å²) in [6.07, 6.45) is 1.65. The molecular formula is C17H27N5. The number of benzene rings is 1. The Morgan fingerprint density at radius 2 is 1.86 bits per heavy atom. The second kappa shape index (κ2) is 8.06. The minimum atomic E-state index is 0.829. The van der Waals surface area contributed by atoms with Crippen molar-refractivity contribution in [2.45, 2.75) is 33.5 Å². The van der Waals surface area contributed by atoms with Crippen molar-refractivity contribution in [1.82, 2.24) is 24.6 Å². The first-order valence-corrected chi connectivity index (χ1v) is 7.88. The molecule has 0 bridgehead atoms. The van der Waals surface area contributed by atoms with Crippen LogP contribution < -0.4 is 0 Å². The number of likely N-dealkylation sites (N-methyl/N-ethyl adjacent to an activating group) is 1. The van der Waals surface area contributed by atoms with Crippen molar-refractivity contribution < 1.29 is 0 Å². The lowest BCUT2D eigenvalue weighted by Gasteiger charge is -2.24. The smallest absolute Gasteiger partial charge is 0.141 e. The number of rotatable bonds is 8. The summed E-state index contributed by atoms with van der Waals surface area (Å²) in [5, 5.41) is 4.28. The van der Waals surface area contributed by atoms with Crippen LogP contribution in [0.3, 0.4) is 0 Å². The van der Waals surface area contributed by atoms with Crippen LogP contribution in [0.2, 0.25) is 0 Å². The highest BCUT2D eigenvalue weighted by Crippen LogP contribution is 2.12. The largest absolute Gasteiger partial charge is 0.308 e. The second-order valence-electron chi connectivity index (χ2n) is 5.93. The van der Waals surface area contributed by atoms with Crippen LogP contribution in [0.15, 0.2) is 30.6 Å². The highest BCUT2D eigenvalue weighted by molar-refractivity contribution is 5.25. The zero-order valence-corrected chi connectivity index (χ0v) is 14.2. The minimum Gasteiger partial charge on any atom is -0.308 e. The van der Waals surface area contributed by atoms with E-state index in [-0.39, 0.29) is 0 Å². The molecule has 22 heavy (non-hydrogen) atoms. The molecular weight excluding hydrogens is 274 g/mol. The van der Waals surface area contributed by atoms with Crippen LogP contribution >= 0.6 is 0 Å². The standard InChI is InChI=1S/C17H27N5/c1-5-22-17(18-14-19-22)13-21(11-10-20(3)4)12-16-9-7-6-8-15(16)2/h6-9,14H,5,10-13H2,1-4H3. The van der Waals surface area contributed by atoms with Crippen LogP contribution in [0.25, 0.3) is 0 Å². The molecule has 5 heteroatoms. The van der Waals surface area contributed by atoms with Crippen LogP contribution in [0, 0.1) is 6.92 Å². The van der Waals surface area contributed by atoms with Crippen LogP contribution in [-0.4, -0.2) is 51.7 Å². The van der Waals surface area contributed by atoms with Crippen molar-refractivity contribution >= 4 is 0 Å². The Morgan fingerprint density at radius 1 is 1.09 bits per heavy atom. The first-order chi connectivity index (χ1) is 10.6. The van der Waals surface area contributed by atoms with Gasteiger partial charge in [0.25, 0.3) is 0 Å². The summed E-state index contributed by atoms with van der Waals surface area (Å²) in [5.74, 6) is 1.04. The summed E-state index contributed by atoms with van der Waals surface area (Å²) in [6.45, 7) is 8.95. The third-order valence-electron chi connectivity index (χ3n) is 3.88. The number of aryl methyl sites for hydroxylation is 2. The van der Waals surface area contributed by atoms with E-state index in [1.54, 1.807) is 6.33 Å². The fourth-order valence-corrected chi connectivity index (χ4v) is 2.46. The lowest BCUT2D eigenvalue weighted by Crippen LogP contribution is -2.32. The van der Waals surface area contributed by atoms with Gasteiger partial charge in [-0.1, -0.05) is 24.3 Å². The maximum atomic E-state index is 4.41. The molecule has 0 aliphatic carbocycles. The SMILES string of the molecule is CCn1ncnc1CN(CCN(C)C)Cc1ccccc1C. The molecule has 0 saturated carbocycles. The number of hydrogen-bond acceptors (Lipinski definition) is 4. The number of hydrogen-bond donors (Lipinski definition) is 0. The van der Waals surface area contributed by atoms with Gasteiger partial charge in [-0.2, -0.15) is 5.10 Å². The van der Waals surface area contributed by atoms with E-state index in [0.717, 1.165) is 38.5 Å². The van der Waals surface area contributed by atoms with Crippen molar-refractivity contribution in [3.05, 3.63) is 47.5 Å². The summed E-state index contributed by atoms with van der Waals surface area (Å²) < 4.78 is 1.97. The molecule has 120 valence electrons. The predicted octanol–water partition coefficient (Wildman–Crippen LogP) is 2.17. The Balaban J connectivity index is 2.10. The molecule has 2 aromatic rings. The lowest BCUT2D eigenvalue weighted by atomic mass is 10.1. The maximum Gasteiger partial charge on any atom is 0.141 e. The summed E-state index contributed by atoms with van der Waals surface area (Å²) in [5.41, 5.74) is 2.72. The van der Waals surface area contributed by atoms with Gasteiger partial charge >= 0.3 is 0 Å². The Hall–Kier alpha value is -1.72. The van der Waals surface area contributed by atoms with Crippen LogP contribution in [0.1, 0.15) is 23.9 Å². The highest BCUT2D eigenvalue weighted by atomic mass is 15.3. The van der Waals surface area contributed by atoms with E-state index in [9.17, 15) is 0 Å². The van der Waals surface area contributed by atoms with Crippen molar-refractivity contribution in [2.24, 2.45) is 0 Å². The quantitative estimate of drug-likeness (QED) is 0.749. The molecule has 2 rings (SSSR count). The van der Waals surface area contributed by atoms with E-state index in [2.05, 4.69) is 72.1 Å². The average molecular weight is 301 g/mol. The second-order valence-corrected chi connectivity index (χ2v) is 5.93. The van der Waals surface area contributed by atoms with Crippen molar-refractivity contribution in [1.29, 1.82) is 0 Å². The fraction of sp³-hybridized carbons (Fsp3) is 0.529. The average Bonchev–Trinajstić information content (AvgIpc) is 2.94. The molecule has 0 fully saturated rings. The summed E-state index contributed by atoms with van der Waals surface area (Å²) in [4.78, 5) is 9.08. The van der Waals surface area contributed by atoms with Crippen LogP contribution in [-0.2, 0) is 19.6 Å². The van der Waals surface area contributed by atoms with Gasteiger partial charge in [0.15, 0.2) is 0 Å². The summed E-state index contributed by atoms with van der Waals surface area (Å²) in [7, 11) is 4.22. The summed E-state index contributed by atoms with van der Waals surface area (Å²) >= 11 is 0. The van der Waals surface area contributed by atoms with Gasteiger partial charge in [-0.05, 0) is 39.1 Å². The highest BCUT2D eigenvalue weighted by Gasteiger charge is 2.12. The Kier molecular flexibility index (Phi) is 6.10. The van der Waals surface area contributed by atoms with E-state index in [1.165, 1.54) is 11.1 Å². The van der Waals surface area contributed by atoms with Gasteiger partial charge < -0.3 is 4.90 Å². The van der Waals surface area contributed by atoms with Crippen LogP contribution in [0.4, 0.5) is 0 Å². The van der Waals surface area contributed by atoms with Gasteiger partial charge in [0, 0.05) is 26.2 Å².